The molecule has 0 fully saturated rings. The fourth-order valence-corrected chi connectivity index (χ4v) is 3.72. The summed E-state index contributed by atoms with van der Waals surface area (Å²) in [4.78, 5) is 12.8. The second-order valence-electron chi connectivity index (χ2n) is 10.8. The van der Waals surface area contributed by atoms with Gasteiger partial charge in [-0.15, -0.1) is 6.58 Å². The third-order valence-electron chi connectivity index (χ3n) is 6.34. The van der Waals surface area contributed by atoms with Gasteiger partial charge in [0.05, 0.1) is 6.42 Å². The molecule has 2 heteroatoms. The summed E-state index contributed by atoms with van der Waals surface area (Å²) >= 11 is 0. The number of carbonyl (C=O) groups excluding carboxylic acids is 1. The summed E-state index contributed by atoms with van der Waals surface area (Å²) in [5, 5.41) is 0. The van der Waals surface area contributed by atoms with Crippen LogP contribution in [0.3, 0.4) is 0 Å². The first-order valence-electron chi connectivity index (χ1n) is 12.9. The molecule has 0 aromatic heterocycles. The van der Waals surface area contributed by atoms with Crippen molar-refractivity contribution in [3.63, 3.8) is 0 Å². The molecule has 2 atom stereocenters. The van der Waals surface area contributed by atoms with Crippen LogP contribution in [0.1, 0.15) is 113 Å². The maximum atomic E-state index is 12.8. The molecule has 0 rings (SSSR count). The molecule has 0 aromatic carbocycles. The zero-order chi connectivity index (χ0) is 26.2. The van der Waals surface area contributed by atoms with Gasteiger partial charge in [-0.2, -0.15) is 0 Å². The van der Waals surface area contributed by atoms with Gasteiger partial charge < -0.3 is 4.74 Å². The molecule has 0 saturated heterocycles. The van der Waals surface area contributed by atoms with Gasteiger partial charge in [-0.25, -0.2) is 0 Å². The summed E-state index contributed by atoms with van der Waals surface area (Å²) in [7, 11) is 0. The van der Waals surface area contributed by atoms with Crippen molar-refractivity contribution in [1.29, 1.82) is 0 Å². The Kier molecular flexibility index (Phi) is 15.5. The second kappa shape index (κ2) is 16.5. The number of hydrogen-bond donors (Lipinski definition) is 0. The minimum Gasteiger partial charge on any atom is -0.455 e. The highest BCUT2D eigenvalue weighted by molar-refractivity contribution is 5.71. The molecule has 0 N–H and O–H groups in total. The van der Waals surface area contributed by atoms with Crippen molar-refractivity contribution in [2.24, 2.45) is 5.41 Å². The van der Waals surface area contributed by atoms with E-state index >= 15 is 0 Å². The summed E-state index contributed by atoms with van der Waals surface area (Å²) in [6.45, 7) is 24.9. The molecule has 0 aliphatic carbocycles. The Hall–Kier alpha value is -2.09. The van der Waals surface area contributed by atoms with Crippen LogP contribution in [0.4, 0.5) is 0 Å². The zero-order valence-electron chi connectivity index (χ0n) is 23.6. The first-order valence-corrected chi connectivity index (χ1v) is 12.9. The Bertz CT molecular complexity index is 705. The molecule has 0 spiro atoms. The summed E-state index contributed by atoms with van der Waals surface area (Å²) < 4.78 is 5.92. The SMILES string of the molecule is C=CC(C)(CC/C=C(/C)CCC=C(C)C)CC(=O)OC(C)(C=C)CCC=C(C)CCC=C(C)C. The maximum absolute atomic E-state index is 12.8. The Morgan fingerprint density at radius 2 is 1.18 bits per heavy atom. The van der Waals surface area contributed by atoms with E-state index in [0.29, 0.717) is 6.42 Å². The second-order valence-corrected chi connectivity index (χ2v) is 10.8. The molecule has 2 nitrogen and oxygen atoms in total. The highest BCUT2D eigenvalue weighted by atomic mass is 16.6. The van der Waals surface area contributed by atoms with Crippen LogP contribution in [0.25, 0.3) is 0 Å². The van der Waals surface area contributed by atoms with Gasteiger partial charge in [-0.05, 0) is 111 Å². The van der Waals surface area contributed by atoms with Crippen molar-refractivity contribution >= 4 is 5.97 Å². The first-order chi connectivity index (χ1) is 15.8. The van der Waals surface area contributed by atoms with Gasteiger partial charge in [-0.3, -0.25) is 4.79 Å². The lowest BCUT2D eigenvalue weighted by atomic mass is 9.82. The predicted molar refractivity (Wildman–Crippen MR) is 151 cm³/mol. The standard InChI is InChI=1S/C32H52O2/c1-11-31(9,23-15-21-28(7)19-13-17-26(3)4)25-30(33)34-32(10,12-2)24-16-22-29(8)20-14-18-27(5)6/h11-12,17-18,21-22H,1-2,13-16,19-20,23-25H2,3-10H3/b28-21-,29-22?. The lowest BCUT2D eigenvalue weighted by Crippen LogP contribution is -2.31. The molecular formula is C32H52O2. The summed E-state index contributed by atoms with van der Waals surface area (Å²) in [6.07, 6.45) is 20.8. The normalized spacial score (nSPS) is 15.5. The molecule has 2 unspecified atom stereocenters. The molecule has 0 bridgehead atoms. The Labute approximate surface area is 211 Å². The minimum atomic E-state index is -0.655. The van der Waals surface area contributed by atoms with Crippen LogP contribution in [-0.4, -0.2) is 11.6 Å². The molecule has 0 heterocycles. The van der Waals surface area contributed by atoms with Crippen molar-refractivity contribution in [2.45, 2.75) is 119 Å². The fourth-order valence-electron chi connectivity index (χ4n) is 3.72. The predicted octanol–water partition coefficient (Wildman–Crippen LogP) is 10.0. The Morgan fingerprint density at radius 3 is 1.59 bits per heavy atom. The molecule has 0 saturated carbocycles. The largest absolute Gasteiger partial charge is 0.455 e. The van der Waals surface area contributed by atoms with E-state index in [2.05, 4.69) is 85.9 Å². The van der Waals surface area contributed by atoms with E-state index in [1.54, 1.807) is 6.08 Å². The average Bonchev–Trinajstić information content (AvgIpc) is 2.73. The third kappa shape index (κ3) is 15.7. The topological polar surface area (TPSA) is 26.3 Å². The lowest BCUT2D eigenvalue weighted by Gasteiger charge is -2.29. The van der Waals surface area contributed by atoms with E-state index in [9.17, 15) is 4.79 Å². The molecular weight excluding hydrogens is 416 g/mol. The van der Waals surface area contributed by atoms with Gasteiger partial charge >= 0.3 is 5.97 Å². The van der Waals surface area contributed by atoms with Gasteiger partial charge in [0.1, 0.15) is 5.60 Å². The van der Waals surface area contributed by atoms with E-state index in [1.807, 2.05) is 13.0 Å². The van der Waals surface area contributed by atoms with E-state index < -0.39 is 5.60 Å². The van der Waals surface area contributed by atoms with Gasteiger partial charge in [-0.1, -0.05) is 66.2 Å². The Balaban J connectivity index is 4.77. The van der Waals surface area contributed by atoms with Crippen LogP contribution < -0.4 is 0 Å². The van der Waals surface area contributed by atoms with Crippen LogP contribution in [0, 0.1) is 5.41 Å². The highest BCUT2D eigenvalue weighted by Crippen LogP contribution is 2.32. The highest BCUT2D eigenvalue weighted by Gasteiger charge is 2.29. The van der Waals surface area contributed by atoms with Crippen LogP contribution in [0.15, 0.2) is 71.9 Å². The van der Waals surface area contributed by atoms with Crippen LogP contribution >= 0.6 is 0 Å². The van der Waals surface area contributed by atoms with Gasteiger partial charge in [0.15, 0.2) is 0 Å². The van der Waals surface area contributed by atoms with Crippen molar-refractivity contribution < 1.29 is 9.53 Å². The van der Waals surface area contributed by atoms with E-state index in [4.69, 9.17) is 4.74 Å². The lowest BCUT2D eigenvalue weighted by molar-refractivity contribution is -0.156. The van der Waals surface area contributed by atoms with Crippen LogP contribution in [-0.2, 0) is 9.53 Å². The molecule has 0 aliphatic rings. The first kappa shape index (κ1) is 31.9. The number of esters is 1. The summed E-state index contributed by atoms with van der Waals surface area (Å²) in [5.74, 6) is -0.182. The number of rotatable bonds is 17. The van der Waals surface area contributed by atoms with Gasteiger partial charge in [0.2, 0.25) is 0 Å². The number of hydrogen-bond acceptors (Lipinski definition) is 2. The molecule has 0 amide bonds. The average molecular weight is 469 g/mol. The summed E-state index contributed by atoms with van der Waals surface area (Å²) in [6, 6.07) is 0. The van der Waals surface area contributed by atoms with Crippen LogP contribution in [0.5, 0.6) is 0 Å². The molecule has 0 radical (unpaired) electrons. The monoisotopic (exact) mass is 468 g/mol. The minimum absolute atomic E-state index is 0.182. The van der Waals surface area contributed by atoms with E-state index in [1.165, 1.54) is 22.3 Å². The number of carbonyl (C=O) groups is 1. The van der Waals surface area contributed by atoms with E-state index in [-0.39, 0.29) is 11.4 Å². The third-order valence-corrected chi connectivity index (χ3v) is 6.34. The quantitative estimate of drug-likeness (QED) is 0.157. The van der Waals surface area contributed by atoms with E-state index in [0.717, 1.165) is 51.4 Å². The van der Waals surface area contributed by atoms with Crippen molar-refractivity contribution in [1.82, 2.24) is 0 Å². The zero-order valence-corrected chi connectivity index (χ0v) is 23.6. The van der Waals surface area contributed by atoms with Crippen molar-refractivity contribution in [2.75, 3.05) is 0 Å². The Morgan fingerprint density at radius 1 is 0.706 bits per heavy atom. The van der Waals surface area contributed by atoms with Crippen molar-refractivity contribution in [3.05, 3.63) is 71.9 Å². The number of ether oxygens (including phenoxy) is 1. The van der Waals surface area contributed by atoms with Crippen molar-refractivity contribution in [3.8, 4) is 0 Å². The van der Waals surface area contributed by atoms with Gasteiger partial charge in [0, 0.05) is 0 Å². The molecule has 0 aliphatic heterocycles. The van der Waals surface area contributed by atoms with Gasteiger partial charge in [0.25, 0.3) is 0 Å². The maximum Gasteiger partial charge on any atom is 0.307 e. The molecule has 34 heavy (non-hydrogen) atoms. The number of allylic oxidation sites excluding steroid dienone is 9. The van der Waals surface area contributed by atoms with Crippen LogP contribution in [0.2, 0.25) is 0 Å². The molecule has 192 valence electrons. The molecule has 0 aromatic rings. The smallest absolute Gasteiger partial charge is 0.307 e. The summed E-state index contributed by atoms with van der Waals surface area (Å²) in [5.41, 5.74) is 4.56. The fraction of sp³-hybridized carbons (Fsp3) is 0.594.